The second kappa shape index (κ2) is 3.67. The molecule has 0 aliphatic carbocycles. The van der Waals surface area contributed by atoms with Gasteiger partial charge in [0.05, 0.1) is 0 Å². The van der Waals surface area contributed by atoms with Crippen LogP contribution in [0.5, 0.6) is 0 Å². The molecule has 0 amide bonds. The molecule has 0 unspecified atom stereocenters. The fourth-order valence-electron chi connectivity index (χ4n) is 0.956. The fourth-order valence-corrected chi connectivity index (χ4v) is 0.956. The quantitative estimate of drug-likeness (QED) is 0.644. The summed E-state index contributed by atoms with van der Waals surface area (Å²) in [5.41, 5.74) is 7.91. The normalized spacial score (nSPS) is 12.1. The van der Waals surface area contributed by atoms with Gasteiger partial charge in [-0.15, -0.1) is 0 Å². The molecule has 0 bridgehead atoms. The molecule has 3 nitrogen and oxygen atoms in total. The van der Waals surface area contributed by atoms with Gasteiger partial charge in [-0.1, -0.05) is 0 Å². The lowest BCUT2D eigenvalue weighted by Crippen LogP contribution is -1.98. The maximum Gasteiger partial charge on any atom is 0.0273 e. The van der Waals surface area contributed by atoms with Crippen LogP contribution in [-0.2, 0) is 0 Å². The average Bonchev–Trinajstić information content (AvgIpc) is 2.07. The largest absolute Gasteiger partial charge is 0.402 e. The Morgan fingerprint density at radius 1 is 1.50 bits per heavy atom. The summed E-state index contributed by atoms with van der Waals surface area (Å²) in [5.74, 6) is 0. The van der Waals surface area contributed by atoms with E-state index in [1.807, 2.05) is 12.1 Å². The minimum atomic E-state index is 0.649. The molecule has 3 N–H and O–H groups in total. The van der Waals surface area contributed by atoms with Crippen LogP contribution in [0.3, 0.4) is 0 Å². The number of nitrogens with zero attached hydrogens (tertiary/aromatic N) is 1. The van der Waals surface area contributed by atoms with Crippen molar-refractivity contribution in [2.75, 3.05) is 0 Å². The zero-order valence-electron chi connectivity index (χ0n) is 6.91. The molecule has 1 aromatic rings. The first-order valence-electron chi connectivity index (χ1n) is 3.63. The summed E-state index contributed by atoms with van der Waals surface area (Å²) in [4.78, 5) is 3.88. The van der Waals surface area contributed by atoms with E-state index in [-0.39, 0.29) is 0 Å². The third kappa shape index (κ3) is 1.69. The van der Waals surface area contributed by atoms with E-state index in [0.717, 1.165) is 11.1 Å². The molecular weight excluding hydrogens is 150 g/mol. The van der Waals surface area contributed by atoms with Crippen LogP contribution in [-0.4, -0.2) is 11.2 Å². The van der Waals surface area contributed by atoms with Crippen molar-refractivity contribution >= 4 is 11.8 Å². The molecule has 1 rings (SSSR count). The van der Waals surface area contributed by atoms with E-state index in [4.69, 9.17) is 11.1 Å². The molecule has 0 aliphatic rings. The predicted molar refractivity (Wildman–Crippen MR) is 49.8 cm³/mol. The van der Waals surface area contributed by atoms with Crippen LogP contribution in [0.25, 0.3) is 5.57 Å². The molecule has 0 radical (unpaired) electrons. The van der Waals surface area contributed by atoms with Crippen molar-refractivity contribution in [2.45, 2.75) is 6.92 Å². The second-order valence-electron chi connectivity index (χ2n) is 2.48. The number of nitrogens with two attached hydrogens (primary N) is 1. The minimum absolute atomic E-state index is 0.649. The van der Waals surface area contributed by atoms with Crippen molar-refractivity contribution in [2.24, 2.45) is 5.73 Å². The highest BCUT2D eigenvalue weighted by molar-refractivity contribution is 6.09. The number of aromatic nitrogens is 1. The lowest BCUT2D eigenvalue weighted by atomic mass is 10.1. The van der Waals surface area contributed by atoms with Crippen molar-refractivity contribution in [3.8, 4) is 0 Å². The molecule has 0 aliphatic heterocycles. The van der Waals surface area contributed by atoms with Crippen LogP contribution >= 0.6 is 0 Å². The topological polar surface area (TPSA) is 62.8 Å². The highest BCUT2D eigenvalue weighted by atomic mass is 14.6. The van der Waals surface area contributed by atoms with Gasteiger partial charge in [-0.2, -0.15) is 0 Å². The molecule has 0 saturated heterocycles. The molecule has 0 saturated carbocycles. The highest BCUT2D eigenvalue weighted by Gasteiger charge is 1.98. The van der Waals surface area contributed by atoms with Gasteiger partial charge >= 0.3 is 0 Å². The van der Waals surface area contributed by atoms with Gasteiger partial charge in [0.1, 0.15) is 0 Å². The van der Waals surface area contributed by atoms with Crippen molar-refractivity contribution in [1.29, 1.82) is 5.41 Å². The Morgan fingerprint density at radius 3 is 2.50 bits per heavy atom. The van der Waals surface area contributed by atoms with E-state index < -0.39 is 0 Å². The first-order valence-corrected chi connectivity index (χ1v) is 3.63. The van der Waals surface area contributed by atoms with E-state index in [9.17, 15) is 0 Å². The zero-order chi connectivity index (χ0) is 8.97. The van der Waals surface area contributed by atoms with E-state index in [1.54, 1.807) is 19.3 Å². The van der Waals surface area contributed by atoms with Gasteiger partial charge in [-0.3, -0.25) is 4.98 Å². The first kappa shape index (κ1) is 8.46. The smallest absolute Gasteiger partial charge is 0.0273 e. The summed E-state index contributed by atoms with van der Waals surface area (Å²) >= 11 is 0. The number of rotatable bonds is 2. The van der Waals surface area contributed by atoms with Crippen LogP contribution in [0.2, 0.25) is 0 Å². The third-order valence-electron chi connectivity index (χ3n) is 1.56. The summed E-state index contributed by atoms with van der Waals surface area (Å²) in [7, 11) is 0. The molecule has 0 atom stereocenters. The van der Waals surface area contributed by atoms with Gasteiger partial charge in [0.2, 0.25) is 0 Å². The van der Waals surface area contributed by atoms with Gasteiger partial charge in [0.15, 0.2) is 0 Å². The van der Waals surface area contributed by atoms with Crippen LogP contribution < -0.4 is 5.73 Å². The lowest BCUT2D eigenvalue weighted by Gasteiger charge is -2.02. The van der Waals surface area contributed by atoms with Gasteiger partial charge in [0, 0.05) is 29.9 Å². The van der Waals surface area contributed by atoms with Gasteiger partial charge in [-0.05, 0) is 24.6 Å². The molecular formula is C9H11N3. The molecule has 3 heteroatoms. The van der Waals surface area contributed by atoms with Crippen LogP contribution in [0, 0.1) is 5.41 Å². The number of allylic oxidation sites excluding steroid dienone is 2. The minimum Gasteiger partial charge on any atom is -0.402 e. The van der Waals surface area contributed by atoms with Crippen molar-refractivity contribution in [3.05, 3.63) is 35.8 Å². The molecule has 62 valence electrons. The van der Waals surface area contributed by atoms with Gasteiger partial charge in [0.25, 0.3) is 0 Å². The Bertz CT molecular complexity index is 297. The van der Waals surface area contributed by atoms with Crippen LogP contribution in [0.1, 0.15) is 12.5 Å². The van der Waals surface area contributed by atoms with Crippen LogP contribution in [0.4, 0.5) is 0 Å². The summed E-state index contributed by atoms with van der Waals surface area (Å²) in [6.07, 6.45) is 4.62. The van der Waals surface area contributed by atoms with E-state index in [0.29, 0.717) is 5.70 Å². The number of hydrogen-bond donors (Lipinski definition) is 2. The number of pyridine rings is 1. The molecule has 0 aromatic carbocycles. The van der Waals surface area contributed by atoms with Gasteiger partial charge in [-0.25, -0.2) is 0 Å². The predicted octanol–water partition coefficient (Wildman–Crippen LogP) is 1.42. The Hall–Kier alpha value is -1.64. The van der Waals surface area contributed by atoms with Gasteiger partial charge < -0.3 is 11.1 Å². The monoisotopic (exact) mass is 161 g/mol. The average molecular weight is 161 g/mol. The molecule has 0 fully saturated rings. The maximum absolute atomic E-state index is 7.14. The molecule has 1 heterocycles. The Morgan fingerprint density at radius 2 is 2.08 bits per heavy atom. The summed E-state index contributed by atoms with van der Waals surface area (Å²) < 4.78 is 0. The summed E-state index contributed by atoms with van der Waals surface area (Å²) in [6.45, 7) is 1.78. The Kier molecular flexibility index (Phi) is 2.58. The van der Waals surface area contributed by atoms with E-state index in [1.165, 1.54) is 6.21 Å². The lowest BCUT2D eigenvalue weighted by molar-refractivity contribution is 1.29. The molecule has 12 heavy (non-hydrogen) atoms. The van der Waals surface area contributed by atoms with Crippen LogP contribution in [0.15, 0.2) is 30.2 Å². The van der Waals surface area contributed by atoms with Crippen molar-refractivity contribution < 1.29 is 0 Å². The summed E-state index contributed by atoms with van der Waals surface area (Å²) in [5, 5.41) is 7.14. The van der Waals surface area contributed by atoms with E-state index in [2.05, 4.69) is 4.98 Å². The second-order valence-corrected chi connectivity index (χ2v) is 2.48. The summed E-state index contributed by atoms with van der Waals surface area (Å²) in [6, 6.07) is 3.66. The SMILES string of the molecule is C/C(N)=C(/C=N)c1ccncc1. The number of nitrogens with one attached hydrogen (secondary N) is 1. The van der Waals surface area contributed by atoms with Crippen molar-refractivity contribution in [1.82, 2.24) is 4.98 Å². The molecule has 1 aromatic heterocycles. The standard InChI is InChI=1S/C9H11N3/c1-7(11)9(6-10)8-2-4-12-5-3-8/h2-6,10H,11H2,1H3/b9-7+,10-6?. The maximum atomic E-state index is 7.14. The molecule has 0 spiro atoms. The Labute approximate surface area is 71.4 Å². The fraction of sp³-hybridized carbons (Fsp3) is 0.111. The number of hydrogen-bond acceptors (Lipinski definition) is 3. The first-order chi connectivity index (χ1) is 5.75. The Balaban J connectivity index is 3.14. The third-order valence-corrected chi connectivity index (χ3v) is 1.56. The van der Waals surface area contributed by atoms with Crippen molar-refractivity contribution in [3.63, 3.8) is 0 Å². The van der Waals surface area contributed by atoms with E-state index >= 15 is 0 Å². The zero-order valence-corrected chi connectivity index (χ0v) is 6.91. The highest BCUT2D eigenvalue weighted by Crippen LogP contribution is 2.12.